The molecule has 5 nitrogen and oxygen atoms in total. The van der Waals surface area contributed by atoms with Crippen LogP contribution in [0.25, 0.3) is 11.3 Å². The number of amides is 1. The van der Waals surface area contributed by atoms with Gasteiger partial charge >= 0.3 is 0 Å². The van der Waals surface area contributed by atoms with Crippen LogP contribution in [0.2, 0.25) is 0 Å². The van der Waals surface area contributed by atoms with Crippen molar-refractivity contribution in [3.8, 4) is 17.0 Å². The van der Waals surface area contributed by atoms with E-state index in [1.807, 2.05) is 49.5 Å². The summed E-state index contributed by atoms with van der Waals surface area (Å²) in [5.41, 5.74) is 2.79. The molecular formula is C16H19N3O2S. The Morgan fingerprint density at radius 3 is 2.91 bits per heavy atom. The van der Waals surface area contributed by atoms with Crippen LogP contribution in [0.4, 0.5) is 5.69 Å². The van der Waals surface area contributed by atoms with Gasteiger partial charge in [-0.15, -0.1) is 11.3 Å². The van der Waals surface area contributed by atoms with Gasteiger partial charge in [0.15, 0.2) is 6.61 Å². The molecule has 1 aromatic carbocycles. The topological polar surface area (TPSA) is 45.7 Å². The molecule has 116 valence electrons. The van der Waals surface area contributed by atoms with Crippen molar-refractivity contribution >= 4 is 22.9 Å². The van der Waals surface area contributed by atoms with E-state index < -0.39 is 0 Å². The third kappa shape index (κ3) is 2.98. The summed E-state index contributed by atoms with van der Waals surface area (Å²) in [6, 6.07) is 5.91. The Kier molecular flexibility index (Phi) is 4.13. The van der Waals surface area contributed by atoms with Crippen LogP contribution in [-0.2, 0) is 4.79 Å². The summed E-state index contributed by atoms with van der Waals surface area (Å²) >= 11 is 1.62. The summed E-state index contributed by atoms with van der Waals surface area (Å²) in [7, 11) is 4.00. The molecule has 3 rings (SSSR count). The molecule has 0 saturated carbocycles. The van der Waals surface area contributed by atoms with Crippen LogP contribution in [0.3, 0.4) is 0 Å². The van der Waals surface area contributed by atoms with Gasteiger partial charge in [0.1, 0.15) is 5.75 Å². The molecule has 2 heterocycles. The second-order valence-electron chi connectivity index (χ2n) is 5.57. The van der Waals surface area contributed by atoms with E-state index in [9.17, 15) is 4.79 Å². The van der Waals surface area contributed by atoms with Crippen LogP contribution >= 0.6 is 11.3 Å². The lowest BCUT2D eigenvalue weighted by atomic mass is 10.1. The number of ether oxygens (including phenoxy) is 1. The number of aromatic nitrogens is 1. The number of likely N-dealkylation sites (N-methyl/N-ethyl adjacent to an activating group) is 1. The van der Waals surface area contributed by atoms with Crippen molar-refractivity contribution in [2.24, 2.45) is 0 Å². The maximum Gasteiger partial charge on any atom is 0.265 e. The lowest BCUT2D eigenvalue weighted by molar-refractivity contribution is -0.121. The highest BCUT2D eigenvalue weighted by molar-refractivity contribution is 7.09. The van der Waals surface area contributed by atoms with Crippen LogP contribution in [0.5, 0.6) is 5.75 Å². The van der Waals surface area contributed by atoms with E-state index >= 15 is 0 Å². The standard InChI is InChI=1S/C16H19N3O2S/c1-11-17-13(10-22-11)12-4-5-15-14(8-12)19(7-6-18(2)3)16(20)9-21-15/h4-5,8,10H,6-7,9H2,1-3H3. The fraction of sp³-hybridized carbons (Fsp3) is 0.375. The van der Waals surface area contributed by atoms with Gasteiger partial charge in [-0.05, 0) is 39.2 Å². The zero-order valence-corrected chi connectivity index (χ0v) is 13.8. The number of aryl methyl sites for hydroxylation is 1. The van der Waals surface area contributed by atoms with Gasteiger partial charge in [-0.25, -0.2) is 4.98 Å². The molecule has 2 aromatic rings. The summed E-state index contributed by atoms with van der Waals surface area (Å²) in [4.78, 5) is 20.6. The molecule has 0 unspecified atom stereocenters. The van der Waals surface area contributed by atoms with Crippen molar-refractivity contribution in [2.75, 3.05) is 38.7 Å². The Morgan fingerprint density at radius 1 is 1.41 bits per heavy atom. The highest BCUT2D eigenvalue weighted by Gasteiger charge is 2.26. The number of rotatable bonds is 4. The smallest absolute Gasteiger partial charge is 0.265 e. The first-order valence-electron chi connectivity index (χ1n) is 7.19. The predicted molar refractivity (Wildman–Crippen MR) is 88.7 cm³/mol. The van der Waals surface area contributed by atoms with Gasteiger partial charge < -0.3 is 14.5 Å². The Bertz CT molecular complexity index is 696. The Morgan fingerprint density at radius 2 is 2.23 bits per heavy atom. The van der Waals surface area contributed by atoms with Gasteiger partial charge in [0.25, 0.3) is 5.91 Å². The molecule has 0 spiro atoms. The van der Waals surface area contributed by atoms with E-state index in [0.29, 0.717) is 6.54 Å². The summed E-state index contributed by atoms with van der Waals surface area (Å²) in [5.74, 6) is 0.759. The van der Waals surface area contributed by atoms with Gasteiger partial charge in [-0.3, -0.25) is 4.79 Å². The van der Waals surface area contributed by atoms with Gasteiger partial charge in [-0.1, -0.05) is 0 Å². The van der Waals surface area contributed by atoms with E-state index in [1.54, 1.807) is 11.3 Å². The minimum Gasteiger partial charge on any atom is -0.482 e. The maximum absolute atomic E-state index is 12.2. The number of fused-ring (bicyclic) bond motifs is 1. The number of hydrogen-bond donors (Lipinski definition) is 0. The number of carbonyl (C=O) groups is 1. The van der Waals surface area contributed by atoms with Gasteiger partial charge in [0.05, 0.1) is 16.4 Å². The third-order valence-electron chi connectivity index (χ3n) is 3.59. The largest absolute Gasteiger partial charge is 0.482 e. The molecule has 22 heavy (non-hydrogen) atoms. The number of thiazole rings is 1. The summed E-state index contributed by atoms with van der Waals surface area (Å²) in [6.07, 6.45) is 0. The molecule has 0 aliphatic carbocycles. The predicted octanol–water partition coefficient (Wildman–Crippen LogP) is 2.41. The van der Waals surface area contributed by atoms with Crippen LogP contribution in [-0.4, -0.2) is 49.6 Å². The van der Waals surface area contributed by atoms with E-state index in [0.717, 1.165) is 34.2 Å². The van der Waals surface area contributed by atoms with Crippen molar-refractivity contribution in [2.45, 2.75) is 6.92 Å². The quantitative estimate of drug-likeness (QED) is 0.869. The van der Waals surface area contributed by atoms with Crippen LogP contribution in [0.15, 0.2) is 23.6 Å². The summed E-state index contributed by atoms with van der Waals surface area (Å²) in [6.45, 7) is 3.56. The molecule has 0 radical (unpaired) electrons. The number of hydrogen-bond acceptors (Lipinski definition) is 5. The molecule has 0 fully saturated rings. The SMILES string of the molecule is Cc1nc(-c2ccc3c(c2)N(CCN(C)C)C(=O)CO3)cs1. The molecule has 0 N–H and O–H groups in total. The van der Waals surface area contributed by atoms with Crippen LogP contribution in [0, 0.1) is 6.92 Å². The first kappa shape index (κ1) is 15.0. The zero-order valence-electron chi connectivity index (χ0n) is 13.0. The molecule has 1 aromatic heterocycles. The second kappa shape index (κ2) is 6.06. The van der Waals surface area contributed by atoms with Gasteiger partial charge in [0.2, 0.25) is 0 Å². The first-order chi connectivity index (χ1) is 10.5. The number of benzene rings is 1. The average Bonchev–Trinajstić information content (AvgIpc) is 2.92. The molecular weight excluding hydrogens is 298 g/mol. The normalized spacial score (nSPS) is 14.2. The van der Waals surface area contributed by atoms with Crippen LogP contribution in [0.1, 0.15) is 5.01 Å². The highest BCUT2D eigenvalue weighted by atomic mass is 32.1. The van der Waals surface area contributed by atoms with E-state index in [2.05, 4.69) is 9.88 Å². The first-order valence-corrected chi connectivity index (χ1v) is 8.07. The molecule has 0 bridgehead atoms. The zero-order chi connectivity index (χ0) is 15.7. The minimum atomic E-state index is 0.000887. The summed E-state index contributed by atoms with van der Waals surface area (Å²) in [5, 5.41) is 3.07. The number of nitrogens with zero attached hydrogens (tertiary/aromatic N) is 3. The van der Waals surface area contributed by atoms with Gasteiger partial charge in [-0.2, -0.15) is 0 Å². The van der Waals surface area contributed by atoms with E-state index in [4.69, 9.17) is 4.74 Å². The van der Waals surface area contributed by atoms with Crippen molar-refractivity contribution in [1.29, 1.82) is 0 Å². The molecule has 1 amide bonds. The van der Waals surface area contributed by atoms with Crippen molar-refractivity contribution in [1.82, 2.24) is 9.88 Å². The summed E-state index contributed by atoms with van der Waals surface area (Å²) < 4.78 is 5.55. The van der Waals surface area contributed by atoms with Crippen molar-refractivity contribution in [3.63, 3.8) is 0 Å². The maximum atomic E-state index is 12.2. The fourth-order valence-electron chi connectivity index (χ4n) is 2.40. The lowest BCUT2D eigenvalue weighted by Gasteiger charge is -2.30. The molecule has 0 saturated heterocycles. The molecule has 1 aliphatic heterocycles. The Balaban J connectivity index is 1.95. The van der Waals surface area contributed by atoms with E-state index in [-0.39, 0.29) is 12.5 Å². The molecule has 1 aliphatic rings. The van der Waals surface area contributed by atoms with Crippen molar-refractivity contribution in [3.05, 3.63) is 28.6 Å². The molecule has 0 atom stereocenters. The van der Waals surface area contributed by atoms with Gasteiger partial charge in [0, 0.05) is 24.0 Å². The van der Waals surface area contributed by atoms with Crippen LogP contribution < -0.4 is 9.64 Å². The third-order valence-corrected chi connectivity index (χ3v) is 4.36. The highest BCUT2D eigenvalue weighted by Crippen LogP contribution is 2.36. The number of carbonyl (C=O) groups excluding carboxylic acids is 1. The number of anilines is 1. The Labute approximate surface area is 134 Å². The van der Waals surface area contributed by atoms with E-state index in [1.165, 1.54) is 0 Å². The Hall–Kier alpha value is -1.92. The minimum absolute atomic E-state index is 0.000887. The van der Waals surface area contributed by atoms with Crippen molar-refractivity contribution < 1.29 is 9.53 Å². The average molecular weight is 317 g/mol. The fourth-order valence-corrected chi connectivity index (χ4v) is 3.02. The lowest BCUT2D eigenvalue weighted by Crippen LogP contribution is -2.42. The second-order valence-corrected chi connectivity index (χ2v) is 6.63. The molecule has 6 heteroatoms. The monoisotopic (exact) mass is 317 g/mol.